The number of carbonyl (C=O) groups excluding carboxylic acids is 2. The number of esters is 1. The molecule has 0 atom stereocenters. The number of sulfonamides is 1. The Bertz CT molecular complexity index is 1170. The van der Waals surface area contributed by atoms with Gasteiger partial charge in [0.2, 0.25) is 10.0 Å². The Balaban J connectivity index is 1.39. The number of carbonyl (C=O) groups is 2. The highest BCUT2D eigenvalue weighted by Gasteiger charge is 2.27. The maximum absolute atomic E-state index is 13.2. The average molecular weight is 489 g/mol. The maximum atomic E-state index is 13.2. The fourth-order valence-corrected chi connectivity index (χ4v) is 5.73. The van der Waals surface area contributed by atoms with Gasteiger partial charge in [0.25, 0.3) is 5.91 Å². The number of fused-ring (bicyclic) bond motifs is 1. The molecule has 0 aromatic heterocycles. The van der Waals surface area contributed by atoms with Gasteiger partial charge in [0.15, 0.2) is 18.1 Å². The van der Waals surface area contributed by atoms with Gasteiger partial charge in [-0.05, 0) is 55.7 Å². The van der Waals surface area contributed by atoms with Crippen LogP contribution in [0.4, 0.5) is 5.69 Å². The lowest BCUT2D eigenvalue weighted by Gasteiger charge is -2.21. The minimum Gasteiger partial charge on any atom is -0.486 e. The zero-order valence-electron chi connectivity index (χ0n) is 19.0. The van der Waals surface area contributed by atoms with Gasteiger partial charge < -0.3 is 19.5 Å². The summed E-state index contributed by atoms with van der Waals surface area (Å²) >= 11 is 0. The predicted octanol–water partition coefficient (Wildman–Crippen LogP) is 3.13. The van der Waals surface area contributed by atoms with E-state index in [4.69, 9.17) is 14.2 Å². The summed E-state index contributed by atoms with van der Waals surface area (Å²) in [6, 6.07) is 9.39. The van der Waals surface area contributed by atoms with Gasteiger partial charge in [0.05, 0.1) is 10.5 Å². The van der Waals surface area contributed by atoms with Gasteiger partial charge in [-0.15, -0.1) is 0 Å². The van der Waals surface area contributed by atoms with E-state index >= 15 is 0 Å². The van der Waals surface area contributed by atoms with Gasteiger partial charge in [-0.25, -0.2) is 13.2 Å². The SMILES string of the molecule is Cc1ccc(NC(=O)COC(=O)c2ccc3c(c2)OCCO3)cc1S(=O)(=O)N1CCCCCC1. The molecule has 182 valence electrons. The third-order valence-corrected chi connectivity index (χ3v) is 7.81. The third kappa shape index (κ3) is 5.51. The van der Waals surface area contributed by atoms with Crippen LogP contribution in [-0.2, 0) is 19.6 Å². The summed E-state index contributed by atoms with van der Waals surface area (Å²) < 4.78 is 43.9. The van der Waals surface area contributed by atoms with Gasteiger partial charge in [0.1, 0.15) is 13.2 Å². The van der Waals surface area contributed by atoms with Crippen molar-refractivity contribution >= 4 is 27.6 Å². The molecule has 0 spiro atoms. The van der Waals surface area contributed by atoms with Crippen molar-refractivity contribution in [3.8, 4) is 11.5 Å². The van der Waals surface area contributed by atoms with Crippen LogP contribution in [0.5, 0.6) is 11.5 Å². The molecule has 0 radical (unpaired) electrons. The number of amides is 1. The summed E-state index contributed by atoms with van der Waals surface area (Å²) in [6.45, 7) is 3.03. The summed E-state index contributed by atoms with van der Waals surface area (Å²) in [5.74, 6) is -0.262. The maximum Gasteiger partial charge on any atom is 0.338 e. The van der Waals surface area contributed by atoms with Crippen molar-refractivity contribution in [3.05, 3.63) is 47.5 Å². The molecule has 0 bridgehead atoms. The number of aryl methyl sites for hydroxylation is 1. The lowest BCUT2D eigenvalue weighted by Crippen LogP contribution is -2.32. The van der Waals surface area contributed by atoms with Crippen LogP contribution in [0.1, 0.15) is 41.6 Å². The van der Waals surface area contributed by atoms with E-state index in [1.54, 1.807) is 25.1 Å². The molecule has 1 saturated heterocycles. The number of hydrogen-bond acceptors (Lipinski definition) is 7. The molecule has 10 heteroatoms. The van der Waals surface area contributed by atoms with Crippen molar-refractivity contribution in [2.45, 2.75) is 37.5 Å². The number of anilines is 1. The van der Waals surface area contributed by atoms with E-state index in [0.717, 1.165) is 25.7 Å². The second kappa shape index (κ2) is 10.4. The predicted molar refractivity (Wildman–Crippen MR) is 125 cm³/mol. The molecule has 2 aromatic carbocycles. The smallest absolute Gasteiger partial charge is 0.338 e. The van der Waals surface area contributed by atoms with Crippen molar-refractivity contribution in [1.29, 1.82) is 0 Å². The molecule has 4 rings (SSSR count). The number of rotatable bonds is 6. The topological polar surface area (TPSA) is 111 Å². The molecule has 2 aliphatic rings. The highest BCUT2D eigenvalue weighted by atomic mass is 32.2. The number of benzene rings is 2. The summed E-state index contributed by atoms with van der Waals surface area (Å²) in [5.41, 5.74) is 1.16. The first kappa shape index (κ1) is 24.0. The van der Waals surface area contributed by atoms with Crippen LogP contribution in [0.2, 0.25) is 0 Å². The van der Waals surface area contributed by atoms with Gasteiger partial charge in [0, 0.05) is 18.8 Å². The zero-order chi connectivity index (χ0) is 24.1. The van der Waals surface area contributed by atoms with Crippen molar-refractivity contribution in [3.63, 3.8) is 0 Å². The Morgan fingerprint density at radius 2 is 1.68 bits per heavy atom. The largest absolute Gasteiger partial charge is 0.486 e. The molecule has 34 heavy (non-hydrogen) atoms. The van der Waals surface area contributed by atoms with E-state index in [0.29, 0.717) is 49.1 Å². The average Bonchev–Trinajstić information content (AvgIpc) is 3.14. The van der Waals surface area contributed by atoms with Crippen LogP contribution < -0.4 is 14.8 Å². The Morgan fingerprint density at radius 3 is 2.41 bits per heavy atom. The molecular formula is C24H28N2O7S. The second-order valence-electron chi connectivity index (χ2n) is 8.28. The number of ether oxygens (including phenoxy) is 3. The van der Waals surface area contributed by atoms with E-state index in [1.165, 1.54) is 22.5 Å². The minimum atomic E-state index is -3.67. The molecule has 2 aliphatic heterocycles. The van der Waals surface area contributed by atoms with Gasteiger partial charge >= 0.3 is 5.97 Å². The van der Waals surface area contributed by atoms with Gasteiger partial charge in [-0.3, -0.25) is 4.79 Å². The molecule has 1 N–H and O–H groups in total. The van der Waals surface area contributed by atoms with E-state index in [1.807, 2.05) is 0 Å². The van der Waals surface area contributed by atoms with Gasteiger partial charge in [-0.1, -0.05) is 18.9 Å². The summed E-state index contributed by atoms with van der Waals surface area (Å²) in [6.07, 6.45) is 3.71. The van der Waals surface area contributed by atoms with Crippen molar-refractivity contribution in [1.82, 2.24) is 4.31 Å². The molecule has 0 saturated carbocycles. The van der Waals surface area contributed by atoms with E-state index in [-0.39, 0.29) is 10.5 Å². The van der Waals surface area contributed by atoms with Crippen LogP contribution in [0, 0.1) is 6.92 Å². The van der Waals surface area contributed by atoms with Crippen LogP contribution in [0.15, 0.2) is 41.3 Å². The van der Waals surface area contributed by atoms with Crippen LogP contribution >= 0.6 is 0 Å². The standard InChI is InChI=1S/C24H28N2O7S/c1-17-6-8-19(15-22(17)34(29,30)26-10-4-2-3-5-11-26)25-23(27)16-33-24(28)18-7-9-20-21(14-18)32-13-12-31-20/h6-9,14-15H,2-5,10-13,16H2,1H3,(H,25,27). The first-order valence-electron chi connectivity index (χ1n) is 11.3. The van der Waals surface area contributed by atoms with Crippen molar-refractivity contribution < 1.29 is 32.2 Å². The normalized spacial score (nSPS) is 16.4. The summed E-state index contributed by atoms with van der Waals surface area (Å²) in [4.78, 5) is 24.9. The lowest BCUT2D eigenvalue weighted by molar-refractivity contribution is -0.119. The summed E-state index contributed by atoms with van der Waals surface area (Å²) in [7, 11) is -3.67. The Morgan fingerprint density at radius 1 is 0.971 bits per heavy atom. The van der Waals surface area contributed by atoms with E-state index in [2.05, 4.69) is 5.32 Å². The Hall–Kier alpha value is -3.11. The van der Waals surface area contributed by atoms with Crippen molar-refractivity contribution in [2.24, 2.45) is 0 Å². The Labute approximate surface area is 199 Å². The lowest BCUT2D eigenvalue weighted by atomic mass is 10.2. The first-order chi connectivity index (χ1) is 16.3. The minimum absolute atomic E-state index is 0.167. The van der Waals surface area contributed by atoms with Crippen LogP contribution in [-0.4, -0.2) is 57.5 Å². The van der Waals surface area contributed by atoms with Crippen molar-refractivity contribution in [2.75, 3.05) is 38.2 Å². The fourth-order valence-electron chi connectivity index (χ4n) is 3.96. The highest BCUT2D eigenvalue weighted by molar-refractivity contribution is 7.89. The third-order valence-electron chi connectivity index (χ3n) is 5.77. The molecule has 1 fully saturated rings. The quantitative estimate of drug-likeness (QED) is 0.622. The molecule has 2 aromatic rings. The molecule has 0 unspecified atom stereocenters. The Kier molecular flexibility index (Phi) is 7.38. The van der Waals surface area contributed by atoms with E-state index < -0.39 is 28.5 Å². The van der Waals surface area contributed by atoms with Crippen LogP contribution in [0.3, 0.4) is 0 Å². The molecule has 0 aliphatic carbocycles. The molecule has 2 heterocycles. The summed E-state index contributed by atoms with van der Waals surface area (Å²) in [5, 5.41) is 2.61. The monoisotopic (exact) mass is 488 g/mol. The second-order valence-corrected chi connectivity index (χ2v) is 10.2. The number of nitrogens with one attached hydrogen (secondary N) is 1. The molecule has 9 nitrogen and oxygen atoms in total. The number of nitrogens with zero attached hydrogens (tertiary/aromatic N) is 1. The van der Waals surface area contributed by atoms with Gasteiger partial charge in [-0.2, -0.15) is 4.31 Å². The van der Waals surface area contributed by atoms with Crippen LogP contribution in [0.25, 0.3) is 0 Å². The van der Waals surface area contributed by atoms with E-state index in [9.17, 15) is 18.0 Å². The zero-order valence-corrected chi connectivity index (χ0v) is 19.9. The number of hydrogen-bond donors (Lipinski definition) is 1. The highest BCUT2D eigenvalue weighted by Crippen LogP contribution is 2.31. The molecule has 1 amide bonds. The fraction of sp³-hybridized carbons (Fsp3) is 0.417. The molecular weight excluding hydrogens is 460 g/mol. The first-order valence-corrected chi connectivity index (χ1v) is 12.8.